The summed E-state index contributed by atoms with van der Waals surface area (Å²) < 4.78 is 0. The van der Waals surface area contributed by atoms with Crippen molar-refractivity contribution in [2.45, 2.75) is 6.92 Å². The first-order valence-electron chi connectivity index (χ1n) is 7.43. The average molecular weight is 295 g/mol. The Hall–Kier alpha value is -3.25. The smallest absolute Gasteiger partial charge is 0.126 e. The Balaban J connectivity index is 2.11. The second-order valence-electron chi connectivity index (χ2n) is 5.49. The molecule has 1 aromatic heterocycles. The monoisotopic (exact) mass is 295 g/mol. The molecule has 0 radical (unpaired) electrons. The molecular formula is C20H13N3. The summed E-state index contributed by atoms with van der Waals surface area (Å²) in [6.45, 7) is 1.90. The van der Waals surface area contributed by atoms with Crippen molar-refractivity contribution in [2.75, 3.05) is 0 Å². The summed E-state index contributed by atoms with van der Waals surface area (Å²) in [7, 11) is 0. The summed E-state index contributed by atoms with van der Waals surface area (Å²) in [5.41, 5.74) is 3.49. The van der Waals surface area contributed by atoms with E-state index in [1.165, 1.54) is 5.39 Å². The van der Waals surface area contributed by atoms with Crippen molar-refractivity contribution < 1.29 is 0 Å². The molecule has 4 aromatic rings. The van der Waals surface area contributed by atoms with E-state index >= 15 is 0 Å². The van der Waals surface area contributed by atoms with Gasteiger partial charge in [-0.3, -0.25) is 0 Å². The van der Waals surface area contributed by atoms with Crippen molar-refractivity contribution in [1.29, 1.82) is 5.26 Å². The van der Waals surface area contributed by atoms with Crippen molar-refractivity contribution in [2.24, 2.45) is 0 Å². The van der Waals surface area contributed by atoms with Crippen LogP contribution < -0.4 is 0 Å². The molecule has 3 aromatic carbocycles. The van der Waals surface area contributed by atoms with E-state index in [0.29, 0.717) is 5.56 Å². The third kappa shape index (κ3) is 2.21. The topological polar surface area (TPSA) is 49.6 Å². The third-order valence-corrected chi connectivity index (χ3v) is 3.99. The molecule has 0 atom stereocenters. The Kier molecular flexibility index (Phi) is 3.03. The first-order chi connectivity index (χ1) is 11.3. The molecule has 1 heterocycles. The maximum absolute atomic E-state index is 8.98. The first kappa shape index (κ1) is 13.4. The predicted molar refractivity (Wildman–Crippen MR) is 91.9 cm³/mol. The summed E-state index contributed by atoms with van der Waals surface area (Å²) in [6.07, 6.45) is 0. The zero-order chi connectivity index (χ0) is 15.8. The number of hydrogen-bond acceptors (Lipinski definition) is 3. The lowest BCUT2D eigenvalue weighted by Crippen LogP contribution is -1.95. The average Bonchev–Trinajstić information content (AvgIpc) is 2.60. The fourth-order valence-corrected chi connectivity index (χ4v) is 2.93. The van der Waals surface area contributed by atoms with E-state index in [4.69, 9.17) is 5.26 Å². The van der Waals surface area contributed by atoms with E-state index in [9.17, 15) is 0 Å². The second-order valence-corrected chi connectivity index (χ2v) is 5.49. The van der Waals surface area contributed by atoms with E-state index in [1.807, 2.05) is 49.4 Å². The van der Waals surface area contributed by atoms with Crippen LogP contribution in [0.1, 0.15) is 11.4 Å². The molecule has 0 aliphatic carbocycles. The van der Waals surface area contributed by atoms with Crippen LogP contribution in [-0.2, 0) is 0 Å². The highest BCUT2D eigenvalue weighted by Gasteiger charge is 2.11. The van der Waals surface area contributed by atoms with Crippen LogP contribution in [0, 0.1) is 18.3 Å². The van der Waals surface area contributed by atoms with Crippen LogP contribution in [-0.4, -0.2) is 9.97 Å². The molecule has 3 heteroatoms. The number of nitrogens with zero attached hydrogens (tertiary/aromatic N) is 3. The lowest BCUT2D eigenvalue weighted by Gasteiger charge is -2.10. The molecule has 3 nitrogen and oxygen atoms in total. The Labute approximate surface area is 133 Å². The van der Waals surface area contributed by atoms with Crippen LogP contribution in [0.3, 0.4) is 0 Å². The van der Waals surface area contributed by atoms with Crippen LogP contribution in [0.25, 0.3) is 32.9 Å². The molecule has 4 rings (SSSR count). The largest absolute Gasteiger partial charge is 0.233 e. The van der Waals surface area contributed by atoms with Gasteiger partial charge in [-0.25, -0.2) is 9.97 Å². The maximum atomic E-state index is 8.98. The van der Waals surface area contributed by atoms with Gasteiger partial charge in [0.05, 0.1) is 22.8 Å². The molecular weight excluding hydrogens is 282 g/mol. The fourth-order valence-electron chi connectivity index (χ4n) is 2.93. The van der Waals surface area contributed by atoms with Gasteiger partial charge in [-0.05, 0) is 35.9 Å². The Morgan fingerprint density at radius 2 is 1.65 bits per heavy atom. The standard InChI is InChI=1S/C20H13N3/c1-13-22-18-11-10-15-4-2-3-5-17(15)19(18)20(23-13)16-8-6-14(12-21)7-9-16/h2-11H,1H3. The molecule has 0 saturated heterocycles. The number of aryl methyl sites for hydroxylation is 1. The number of hydrogen-bond donors (Lipinski definition) is 0. The SMILES string of the molecule is Cc1nc(-c2ccc(C#N)cc2)c2c(ccc3ccccc32)n1. The highest BCUT2D eigenvalue weighted by Crippen LogP contribution is 2.32. The Morgan fingerprint density at radius 3 is 2.43 bits per heavy atom. The molecule has 0 spiro atoms. The lowest BCUT2D eigenvalue weighted by atomic mass is 9.99. The van der Waals surface area contributed by atoms with Gasteiger partial charge in [0.2, 0.25) is 0 Å². The molecule has 23 heavy (non-hydrogen) atoms. The van der Waals surface area contributed by atoms with Gasteiger partial charge in [0.25, 0.3) is 0 Å². The van der Waals surface area contributed by atoms with Crippen LogP contribution in [0.4, 0.5) is 0 Å². The minimum absolute atomic E-state index is 0.647. The van der Waals surface area contributed by atoms with Gasteiger partial charge in [-0.1, -0.05) is 42.5 Å². The number of fused-ring (bicyclic) bond motifs is 3. The zero-order valence-corrected chi connectivity index (χ0v) is 12.6. The number of benzene rings is 3. The number of rotatable bonds is 1. The fraction of sp³-hybridized carbons (Fsp3) is 0.0500. The first-order valence-corrected chi connectivity index (χ1v) is 7.43. The van der Waals surface area contributed by atoms with Crippen molar-refractivity contribution in [1.82, 2.24) is 9.97 Å². The zero-order valence-electron chi connectivity index (χ0n) is 12.6. The minimum Gasteiger partial charge on any atom is -0.233 e. The van der Waals surface area contributed by atoms with Gasteiger partial charge >= 0.3 is 0 Å². The van der Waals surface area contributed by atoms with E-state index in [1.54, 1.807) is 0 Å². The van der Waals surface area contributed by atoms with E-state index in [-0.39, 0.29) is 0 Å². The van der Waals surface area contributed by atoms with Crippen molar-refractivity contribution in [3.63, 3.8) is 0 Å². The van der Waals surface area contributed by atoms with Gasteiger partial charge < -0.3 is 0 Å². The predicted octanol–water partition coefficient (Wildman–Crippen LogP) is 4.63. The molecule has 0 aliphatic heterocycles. The number of aromatic nitrogens is 2. The van der Waals surface area contributed by atoms with Gasteiger partial charge in [-0.2, -0.15) is 5.26 Å². The minimum atomic E-state index is 0.647. The van der Waals surface area contributed by atoms with Gasteiger partial charge in [0, 0.05) is 10.9 Å². The molecule has 0 fully saturated rings. The molecule has 0 aliphatic rings. The van der Waals surface area contributed by atoms with E-state index in [0.717, 1.165) is 33.4 Å². The summed E-state index contributed by atoms with van der Waals surface area (Å²) in [5.74, 6) is 0.743. The number of nitriles is 1. The quantitative estimate of drug-likeness (QED) is 0.481. The van der Waals surface area contributed by atoms with Crippen molar-refractivity contribution in [3.8, 4) is 17.3 Å². The van der Waals surface area contributed by atoms with Gasteiger partial charge in [0.15, 0.2) is 0 Å². The molecule has 0 amide bonds. The molecule has 0 N–H and O–H groups in total. The van der Waals surface area contributed by atoms with Crippen molar-refractivity contribution >= 4 is 21.7 Å². The maximum Gasteiger partial charge on any atom is 0.126 e. The van der Waals surface area contributed by atoms with Crippen LogP contribution in [0.15, 0.2) is 60.7 Å². The van der Waals surface area contributed by atoms with E-state index < -0.39 is 0 Å². The van der Waals surface area contributed by atoms with Crippen LogP contribution >= 0.6 is 0 Å². The molecule has 0 bridgehead atoms. The van der Waals surface area contributed by atoms with Gasteiger partial charge in [-0.15, -0.1) is 0 Å². The summed E-state index contributed by atoms with van der Waals surface area (Å²) in [5, 5.41) is 12.3. The highest BCUT2D eigenvalue weighted by atomic mass is 14.9. The highest BCUT2D eigenvalue weighted by molar-refractivity contribution is 6.12. The third-order valence-electron chi connectivity index (χ3n) is 3.99. The van der Waals surface area contributed by atoms with Gasteiger partial charge in [0.1, 0.15) is 5.82 Å². The normalized spacial score (nSPS) is 10.8. The van der Waals surface area contributed by atoms with E-state index in [2.05, 4.69) is 34.2 Å². The van der Waals surface area contributed by atoms with Crippen molar-refractivity contribution in [3.05, 3.63) is 72.1 Å². The van der Waals surface area contributed by atoms with Crippen LogP contribution in [0.5, 0.6) is 0 Å². The summed E-state index contributed by atoms with van der Waals surface area (Å²) in [6, 6.07) is 22.1. The summed E-state index contributed by atoms with van der Waals surface area (Å²) >= 11 is 0. The second kappa shape index (κ2) is 5.19. The van der Waals surface area contributed by atoms with Crippen LogP contribution in [0.2, 0.25) is 0 Å². The lowest BCUT2D eigenvalue weighted by molar-refractivity contribution is 1.10. The molecule has 0 saturated carbocycles. The Bertz CT molecular complexity index is 1070. The summed E-state index contributed by atoms with van der Waals surface area (Å²) in [4.78, 5) is 9.27. The molecule has 108 valence electrons. The molecule has 0 unspecified atom stereocenters. The Morgan fingerprint density at radius 1 is 0.870 bits per heavy atom.